The van der Waals surface area contributed by atoms with E-state index < -0.39 is 0 Å². The van der Waals surface area contributed by atoms with E-state index in [1.54, 1.807) is 0 Å². The second-order valence-electron chi connectivity index (χ2n) is 7.17. The number of aryl methyl sites for hydroxylation is 2. The molecule has 2 aromatic carbocycles. The molecule has 26 heavy (non-hydrogen) atoms. The summed E-state index contributed by atoms with van der Waals surface area (Å²) < 4.78 is 2.01. The number of halogens is 1. The van der Waals surface area contributed by atoms with Gasteiger partial charge in [0, 0.05) is 24.2 Å². The molecule has 1 heterocycles. The van der Waals surface area contributed by atoms with Gasteiger partial charge in [-0.2, -0.15) is 0 Å². The number of hydrogen-bond acceptors (Lipinski definition) is 2. The lowest BCUT2D eigenvalue weighted by atomic mass is 10.1. The predicted octanol–water partition coefficient (Wildman–Crippen LogP) is 4.83. The van der Waals surface area contributed by atoms with Crippen LogP contribution in [0.25, 0.3) is 11.0 Å². The molecule has 0 bridgehead atoms. The van der Waals surface area contributed by atoms with Crippen LogP contribution in [0.1, 0.15) is 35.6 Å². The van der Waals surface area contributed by atoms with Crippen molar-refractivity contribution in [2.75, 3.05) is 6.54 Å². The maximum absolute atomic E-state index is 13.0. The Hall–Kier alpha value is -2.33. The highest BCUT2D eigenvalue weighted by atomic mass is 35.5. The van der Waals surface area contributed by atoms with Gasteiger partial charge in [0.15, 0.2) is 0 Å². The Bertz CT molecular complexity index is 928. The maximum atomic E-state index is 13.0. The van der Waals surface area contributed by atoms with E-state index in [1.807, 2.05) is 65.9 Å². The van der Waals surface area contributed by atoms with Gasteiger partial charge in [-0.3, -0.25) is 4.79 Å². The van der Waals surface area contributed by atoms with Crippen molar-refractivity contribution in [1.82, 2.24) is 14.5 Å². The van der Waals surface area contributed by atoms with Crippen molar-refractivity contribution in [3.05, 3.63) is 64.4 Å². The van der Waals surface area contributed by atoms with Gasteiger partial charge >= 0.3 is 0 Å². The van der Waals surface area contributed by atoms with Crippen molar-refractivity contribution in [3.63, 3.8) is 0 Å². The third-order valence-electron chi connectivity index (χ3n) is 4.44. The molecule has 0 aliphatic heterocycles. The monoisotopic (exact) mass is 369 g/mol. The van der Waals surface area contributed by atoms with Gasteiger partial charge in [0.2, 0.25) is 0 Å². The lowest BCUT2D eigenvalue weighted by molar-refractivity contribution is 0.0717. The largest absolute Gasteiger partial charge is 0.331 e. The summed E-state index contributed by atoms with van der Waals surface area (Å²) in [6.45, 7) is 7.39. The van der Waals surface area contributed by atoms with E-state index in [4.69, 9.17) is 16.6 Å². The van der Waals surface area contributed by atoms with E-state index in [2.05, 4.69) is 13.8 Å². The van der Waals surface area contributed by atoms with Crippen LogP contribution < -0.4 is 0 Å². The lowest BCUT2D eigenvalue weighted by Crippen LogP contribution is -2.34. The average Bonchev–Trinajstić information content (AvgIpc) is 2.90. The van der Waals surface area contributed by atoms with Crippen LogP contribution >= 0.6 is 11.6 Å². The van der Waals surface area contributed by atoms with E-state index >= 15 is 0 Å². The predicted molar refractivity (Wildman–Crippen MR) is 106 cm³/mol. The second kappa shape index (κ2) is 7.50. The van der Waals surface area contributed by atoms with Gasteiger partial charge in [0.05, 0.1) is 17.6 Å². The highest BCUT2D eigenvalue weighted by Gasteiger charge is 2.20. The zero-order valence-corrected chi connectivity index (χ0v) is 16.4. The molecule has 0 aliphatic carbocycles. The van der Waals surface area contributed by atoms with Crippen molar-refractivity contribution < 1.29 is 4.79 Å². The number of hydrogen-bond donors (Lipinski definition) is 0. The minimum atomic E-state index is 0.0313. The third-order valence-corrected chi connectivity index (χ3v) is 4.67. The number of amides is 1. The Kier molecular flexibility index (Phi) is 5.33. The van der Waals surface area contributed by atoms with Crippen molar-refractivity contribution in [1.29, 1.82) is 0 Å². The molecule has 1 aromatic heterocycles. The molecule has 0 spiro atoms. The zero-order valence-electron chi connectivity index (χ0n) is 15.7. The number of aromatic nitrogens is 2. The van der Waals surface area contributed by atoms with Gasteiger partial charge in [0.1, 0.15) is 5.82 Å². The quantitative estimate of drug-likeness (QED) is 0.645. The van der Waals surface area contributed by atoms with Crippen LogP contribution in [0.15, 0.2) is 42.5 Å². The van der Waals surface area contributed by atoms with Crippen molar-refractivity contribution in [3.8, 4) is 0 Å². The van der Waals surface area contributed by atoms with Crippen LogP contribution in [-0.4, -0.2) is 26.9 Å². The lowest BCUT2D eigenvalue weighted by Gasteiger charge is -2.24. The molecule has 0 saturated heterocycles. The Morgan fingerprint density at radius 3 is 2.54 bits per heavy atom. The van der Waals surface area contributed by atoms with E-state index in [9.17, 15) is 4.79 Å². The van der Waals surface area contributed by atoms with E-state index in [-0.39, 0.29) is 5.91 Å². The van der Waals surface area contributed by atoms with Crippen LogP contribution in [0, 0.1) is 12.8 Å². The number of benzene rings is 2. The van der Waals surface area contributed by atoms with E-state index in [1.165, 1.54) is 0 Å². The minimum Gasteiger partial charge on any atom is -0.331 e. The zero-order chi connectivity index (χ0) is 18.8. The molecule has 0 saturated carbocycles. The summed E-state index contributed by atoms with van der Waals surface area (Å²) in [5.74, 6) is 1.25. The third kappa shape index (κ3) is 3.91. The summed E-state index contributed by atoms with van der Waals surface area (Å²) in [5.41, 5.74) is 3.71. The summed E-state index contributed by atoms with van der Waals surface area (Å²) >= 11 is 6.11. The number of imidazole rings is 1. The molecule has 0 fully saturated rings. The average molecular weight is 370 g/mol. The molecule has 5 heteroatoms. The second-order valence-corrected chi connectivity index (χ2v) is 7.60. The Morgan fingerprint density at radius 1 is 1.19 bits per heavy atom. The Labute approximate surface area is 159 Å². The Morgan fingerprint density at radius 2 is 1.88 bits per heavy atom. The van der Waals surface area contributed by atoms with Gasteiger partial charge in [-0.05, 0) is 43.2 Å². The molecule has 3 rings (SSSR count). The number of carbonyl (C=O) groups is 1. The van der Waals surface area contributed by atoms with Gasteiger partial charge < -0.3 is 9.47 Å². The molecule has 0 aliphatic rings. The summed E-state index contributed by atoms with van der Waals surface area (Å²) in [6.07, 6.45) is 0. The molecular formula is C21H24ClN3O. The molecule has 4 nitrogen and oxygen atoms in total. The molecular weight excluding hydrogens is 346 g/mol. The maximum Gasteiger partial charge on any atom is 0.254 e. The number of carbonyl (C=O) groups excluding carboxylic acids is 1. The van der Waals surface area contributed by atoms with Gasteiger partial charge in [-0.1, -0.05) is 43.1 Å². The molecule has 1 amide bonds. The normalized spacial score (nSPS) is 11.3. The number of nitrogens with zero attached hydrogens (tertiary/aromatic N) is 3. The summed E-state index contributed by atoms with van der Waals surface area (Å²) in [5, 5.41) is 0.682. The van der Waals surface area contributed by atoms with Crippen molar-refractivity contribution in [2.24, 2.45) is 13.0 Å². The SMILES string of the molecule is Cc1ccc(C(=O)N(Cc2nc3ccc(Cl)cc3n2C)CC(C)C)cc1. The van der Waals surface area contributed by atoms with Crippen LogP contribution in [0.2, 0.25) is 5.02 Å². The summed E-state index contributed by atoms with van der Waals surface area (Å²) in [7, 11) is 1.96. The highest BCUT2D eigenvalue weighted by Crippen LogP contribution is 2.21. The topological polar surface area (TPSA) is 38.1 Å². The minimum absolute atomic E-state index is 0.0313. The van der Waals surface area contributed by atoms with Gasteiger partial charge in [-0.25, -0.2) is 4.98 Å². The number of rotatable bonds is 5. The first-order valence-corrected chi connectivity index (χ1v) is 9.19. The van der Waals surface area contributed by atoms with E-state index in [0.29, 0.717) is 29.6 Å². The molecule has 3 aromatic rings. The first kappa shape index (κ1) is 18.5. The van der Waals surface area contributed by atoms with Crippen molar-refractivity contribution >= 4 is 28.5 Å². The van der Waals surface area contributed by atoms with Crippen LogP contribution in [-0.2, 0) is 13.6 Å². The molecule has 0 atom stereocenters. The standard InChI is InChI=1S/C21H24ClN3O/c1-14(2)12-25(21(26)16-7-5-15(3)6-8-16)13-20-23-18-10-9-17(22)11-19(18)24(20)4/h5-11,14H,12-13H2,1-4H3. The molecule has 0 N–H and O–H groups in total. The first-order valence-electron chi connectivity index (χ1n) is 8.82. The molecule has 136 valence electrons. The fourth-order valence-corrected chi connectivity index (χ4v) is 3.23. The number of fused-ring (bicyclic) bond motifs is 1. The summed E-state index contributed by atoms with van der Waals surface area (Å²) in [6, 6.07) is 13.4. The summed E-state index contributed by atoms with van der Waals surface area (Å²) in [4.78, 5) is 19.6. The van der Waals surface area contributed by atoms with E-state index in [0.717, 1.165) is 22.4 Å². The van der Waals surface area contributed by atoms with Crippen LogP contribution in [0.4, 0.5) is 0 Å². The molecule has 0 radical (unpaired) electrons. The fourth-order valence-electron chi connectivity index (χ4n) is 3.06. The smallest absolute Gasteiger partial charge is 0.254 e. The Balaban J connectivity index is 1.92. The van der Waals surface area contributed by atoms with Crippen LogP contribution in [0.5, 0.6) is 0 Å². The van der Waals surface area contributed by atoms with Crippen LogP contribution in [0.3, 0.4) is 0 Å². The fraction of sp³-hybridized carbons (Fsp3) is 0.333. The van der Waals surface area contributed by atoms with Gasteiger partial charge in [0.25, 0.3) is 5.91 Å². The first-order chi connectivity index (χ1) is 12.3. The van der Waals surface area contributed by atoms with Crippen molar-refractivity contribution in [2.45, 2.75) is 27.3 Å². The molecule has 0 unspecified atom stereocenters. The van der Waals surface area contributed by atoms with Gasteiger partial charge in [-0.15, -0.1) is 0 Å². The highest BCUT2D eigenvalue weighted by molar-refractivity contribution is 6.31.